The molecule has 1 saturated carbocycles. The van der Waals surface area contributed by atoms with E-state index in [0.29, 0.717) is 11.7 Å². The van der Waals surface area contributed by atoms with Crippen molar-refractivity contribution < 1.29 is 13.9 Å². The number of carbonyl (C=O) groups excluding carboxylic acids is 1. The molecule has 27 heavy (non-hydrogen) atoms. The van der Waals surface area contributed by atoms with Gasteiger partial charge in [0.15, 0.2) is 5.76 Å². The predicted octanol–water partition coefficient (Wildman–Crippen LogP) is 5.24. The van der Waals surface area contributed by atoms with Crippen molar-refractivity contribution in [2.45, 2.75) is 23.8 Å². The number of anilines is 1. The molecule has 1 aromatic heterocycles. The first-order valence-electron chi connectivity index (χ1n) is 8.64. The topological polar surface area (TPSA) is 54.7 Å². The summed E-state index contributed by atoms with van der Waals surface area (Å²) in [6.07, 6.45) is 2.49. The van der Waals surface area contributed by atoms with Crippen LogP contribution in [0.3, 0.4) is 0 Å². The Kier molecular flexibility index (Phi) is 5.06. The highest BCUT2D eigenvalue weighted by Crippen LogP contribution is 2.34. The van der Waals surface area contributed by atoms with Crippen LogP contribution >= 0.6 is 27.9 Å². The third-order valence-electron chi connectivity index (χ3n) is 4.21. The van der Waals surface area contributed by atoms with Crippen LogP contribution in [0.1, 0.15) is 23.4 Å². The molecule has 0 spiro atoms. The highest BCUT2D eigenvalue weighted by molar-refractivity contribution is 9.10. The Bertz CT molecular complexity index is 998. The maximum absolute atomic E-state index is 12.5. The van der Waals surface area contributed by atoms with Gasteiger partial charge in [0.1, 0.15) is 11.3 Å². The van der Waals surface area contributed by atoms with Gasteiger partial charge in [0.25, 0.3) is 5.91 Å². The van der Waals surface area contributed by atoms with Crippen LogP contribution in [0.5, 0.6) is 5.75 Å². The molecule has 3 aromatic rings. The third kappa shape index (κ3) is 4.09. The summed E-state index contributed by atoms with van der Waals surface area (Å²) in [6, 6.07) is 13.3. The van der Waals surface area contributed by atoms with E-state index in [-0.39, 0.29) is 11.7 Å². The molecule has 2 aromatic carbocycles. The number of halogens is 1. The number of nitrogens with zero attached hydrogens (tertiary/aromatic N) is 1. The number of hydrogen-bond donors (Lipinski definition) is 1. The lowest BCUT2D eigenvalue weighted by atomic mass is 10.2. The number of para-hydroxylation sites is 1. The maximum Gasteiger partial charge on any atom is 0.297 e. The number of benzene rings is 2. The molecule has 1 fully saturated rings. The van der Waals surface area contributed by atoms with Crippen LogP contribution in [0.15, 0.2) is 56.2 Å². The van der Waals surface area contributed by atoms with Gasteiger partial charge in [-0.1, -0.05) is 12.1 Å². The fourth-order valence-electron chi connectivity index (χ4n) is 2.65. The second kappa shape index (κ2) is 7.48. The largest absolute Gasteiger partial charge is 0.489 e. The van der Waals surface area contributed by atoms with Gasteiger partial charge in [-0.05, 0) is 65.0 Å². The summed E-state index contributed by atoms with van der Waals surface area (Å²) in [7, 11) is 3.92. The van der Waals surface area contributed by atoms with Gasteiger partial charge in [-0.3, -0.25) is 9.52 Å². The molecule has 1 aliphatic rings. The van der Waals surface area contributed by atoms with Crippen molar-refractivity contribution in [2.24, 2.45) is 0 Å². The minimum atomic E-state index is -0.278. The van der Waals surface area contributed by atoms with Crippen molar-refractivity contribution in [3.8, 4) is 5.75 Å². The molecule has 0 unspecified atom stereocenters. The van der Waals surface area contributed by atoms with Crippen LogP contribution in [0.25, 0.3) is 11.0 Å². The molecule has 0 atom stereocenters. The summed E-state index contributed by atoms with van der Waals surface area (Å²) in [5.41, 5.74) is 1.67. The van der Waals surface area contributed by atoms with E-state index in [4.69, 9.17) is 9.15 Å². The number of carbonyl (C=O) groups is 1. The summed E-state index contributed by atoms with van der Waals surface area (Å²) in [6.45, 7) is 0. The molecule has 7 heteroatoms. The lowest BCUT2D eigenvalue weighted by Crippen LogP contribution is -2.15. The van der Waals surface area contributed by atoms with E-state index < -0.39 is 0 Å². The number of furan rings is 1. The molecule has 1 heterocycles. The zero-order valence-electron chi connectivity index (χ0n) is 15.0. The summed E-state index contributed by atoms with van der Waals surface area (Å²) in [5.74, 6) is 0.801. The van der Waals surface area contributed by atoms with Crippen molar-refractivity contribution in [3.05, 3.63) is 52.7 Å². The monoisotopic (exact) mass is 446 g/mol. The van der Waals surface area contributed by atoms with E-state index in [1.54, 1.807) is 6.07 Å². The van der Waals surface area contributed by atoms with Gasteiger partial charge < -0.3 is 14.1 Å². The van der Waals surface area contributed by atoms with E-state index >= 15 is 0 Å². The van der Waals surface area contributed by atoms with E-state index in [1.165, 1.54) is 11.9 Å². The molecule has 1 N–H and O–H groups in total. The maximum atomic E-state index is 12.5. The number of fused-ring (bicyclic) bond motifs is 1. The van der Waals surface area contributed by atoms with Gasteiger partial charge in [0, 0.05) is 30.0 Å². The highest BCUT2D eigenvalue weighted by atomic mass is 79.9. The van der Waals surface area contributed by atoms with Crippen molar-refractivity contribution in [2.75, 3.05) is 19.0 Å². The molecular weight excluding hydrogens is 428 g/mol. The Morgan fingerprint density at radius 3 is 2.78 bits per heavy atom. The number of nitrogens with one attached hydrogen (secondary N) is 1. The van der Waals surface area contributed by atoms with Crippen molar-refractivity contribution in [3.63, 3.8) is 0 Å². The minimum Gasteiger partial charge on any atom is -0.489 e. The Labute approximate surface area is 170 Å². The SMILES string of the molecule is CN(C)c1cc2oc(C(=O)NSc3ccccc3OC3CC3)cc2cc1Br. The normalized spacial score (nSPS) is 13.6. The van der Waals surface area contributed by atoms with Crippen LogP contribution < -0.4 is 14.4 Å². The van der Waals surface area contributed by atoms with Crippen molar-refractivity contribution in [1.82, 2.24) is 4.72 Å². The van der Waals surface area contributed by atoms with Gasteiger partial charge in [0.2, 0.25) is 0 Å². The Balaban J connectivity index is 1.50. The van der Waals surface area contributed by atoms with E-state index in [0.717, 1.165) is 39.0 Å². The Hall–Kier alpha value is -2.12. The van der Waals surface area contributed by atoms with Crippen LogP contribution in [0, 0.1) is 0 Å². The molecule has 1 aliphatic carbocycles. The molecular formula is C20H19BrN2O3S. The summed E-state index contributed by atoms with van der Waals surface area (Å²) in [5, 5.41) is 0.875. The summed E-state index contributed by atoms with van der Waals surface area (Å²) in [4.78, 5) is 15.4. The first-order chi connectivity index (χ1) is 13.0. The Morgan fingerprint density at radius 2 is 2.04 bits per heavy atom. The molecule has 0 bridgehead atoms. The fourth-order valence-corrected chi connectivity index (χ4v) is 4.03. The quantitative estimate of drug-likeness (QED) is 0.524. The zero-order valence-corrected chi connectivity index (χ0v) is 17.4. The van der Waals surface area contributed by atoms with Gasteiger partial charge >= 0.3 is 0 Å². The molecule has 1 amide bonds. The number of ether oxygens (including phenoxy) is 1. The first-order valence-corrected chi connectivity index (χ1v) is 10.3. The zero-order chi connectivity index (χ0) is 19.0. The lowest BCUT2D eigenvalue weighted by molar-refractivity contribution is 0.0959. The number of amides is 1. The van der Waals surface area contributed by atoms with Crippen LogP contribution in [-0.2, 0) is 0 Å². The van der Waals surface area contributed by atoms with Crippen LogP contribution in [-0.4, -0.2) is 26.1 Å². The second-order valence-corrected chi connectivity index (χ2v) is 8.35. The van der Waals surface area contributed by atoms with Crippen LogP contribution in [0.2, 0.25) is 0 Å². The Morgan fingerprint density at radius 1 is 1.26 bits per heavy atom. The number of rotatable bonds is 6. The molecule has 5 nitrogen and oxygen atoms in total. The predicted molar refractivity (Wildman–Crippen MR) is 112 cm³/mol. The van der Waals surface area contributed by atoms with E-state index in [1.807, 2.05) is 55.4 Å². The second-order valence-electron chi connectivity index (χ2n) is 6.64. The van der Waals surface area contributed by atoms with Gasteiger partial charge in [-0.25, -0.2) is 0 Å². The molecule has 0 aliphatic heterocycles. The van der Waals surface area contributed by atoms with Crippen molar-refractivity contribution >= 4 is 50.4 Å². The average molecular weight is 447 g/mol. The van der Waals surface area contributed by atoms with Gasteiger partial charge in [-0.15, -0.1) is 0 Å². The molecule has 0 radical (unpaired) electrons. The fraction of sp³-hybridized carbons (Fsp3) is 0.250. The van der Waals surface area contributed by atoms with Crippen molar-refractivity contribution in [1.29, 1.82) is 0 Å². The smallest absolute Gasteiger partial charge is 0.297 e. The third-order valence-corrected chi connectivity index (χ3v) is 5.69. The average Bonchev–Trinajstić information content (AvgIpc) is 3.36. The summed E-state index contributed by atoms with van der Waals surface area (Å²) >= 11 is 4.80. The van der Waals surface area contributed by atoms with E-state index in [2.05, 4.69) is 20.7 Å². The van der Waals surface area contributed by atoms with Gasteiger partial charge in [0.05, 0.1) is 16.7 Å². The highest BCUT2D eigenvalue weighted by Gasteiger charge is 2.24. The van der Waals surface area contributed by atoms with Crippen LogP contribution in [0.4, 0.5) is 5.69 Å². The standard InChI is InChI=1S/C20H19BrN2O3S/c1-23(2)15-11-17-12(9-14(15)21)10-18(26-17)20(24)22-27-19-6-4-3-5-16(19)25-13-7-8-13/h3-6,9-11,13H,7-8H2,1-2H3,(H,22,24). The van der Waals surface area contributed by atoms with Gasteiger partial charge in [-0.2, -0.15) is 0 Å². The molecule has 0 saturated heterocycles. The molecule has 140 valence electrons. The lowest BCUT2D eigenvalue weighted by Gasteiger charge is -2.13. The summed E-state index contributed by atoms with van der Waals surface area (Å²) < 4.78 is 15.4. The molecule has 4 rings (SSSR count). The van der Waals surface area contributed by atoms with E-state index in [9.17, 15) is 4.79 Å². The first kappa shape index (κ1) is 18.3. The number of hydrogen-bond acceptors (Lipinski definition) is 5. The minimum absolute atomic E-state index is 0.278.